The predicted molar refractivity (Wildman–Crippen MR) is 142 cm³/mol. The van der Waals surface area contributed by atoms with Crippen LogP contribution in [0.2, 0.25) is 0 Å². The second kappa shape index (κ2) is 8.58. The molecule has 4 heterocycles. The van der Waals surface area contributed by atoms with Crippen LogP contribution in [-0.2, 0) is 4.79 Å². The van der Waals surface area contributed by atoms with Gasteiger partial charge in [0.25, 0.3) is 0 Å². The SMILES string of the molecule is Cc1ccccc1-n1c(=S)sc2c1nc(SCC(=O)Nc1nccs1)n1c3ccccc3nc21. The van der Waals surface area contributed by atoms with Crippen LogP contribution in [0.15, 0.2) is 65.3 Å². The number of thiazole rings is 2. The number of carbonyl (C=O) groups is 1. The summed E-state index contributed by atoms with van der Waals surface area (Å²) in [6.45, 7) is 2.06. The number of rotatable bonds is 5. The third kappa shape index (κ3) is 3.61. The first-order valence-electron chi connectivity index (χ1n) is 10.3. The van der Waals surface area contributed by atoms with Gasteiger partial charge in [-0.2, -0.15) is 0 Å². The van der Waals surface area contributed by atoms with Crippen molar-refractivity contribution in [2.24, 2.45) is 0 Å². The van der Waals surface area contributed by atoms with E-state index in [1.807, 2.05) is 56.8 Å². The minimum absolute atomic E-state index is 0.138. The maximum Gasteiger partial charge on any atom is 0.236 e. The molecule has 0 atom stereocenters. The number of aromatic nitrogens is 5. The van der Waals surface area contributed by atoms with Gasteiger partial charge in [0.05, 0.1) is 22.5 Å². The molecule has 1 amide bonds. The van der Waals surface area contributed by atoms with Crippen LogP contribution in [0.4, 0.5) is 5.13 Å². The second-order valence-corrected chi connectivity index (χ2v) is 11.0. The van der Waals surface area contributed by atoms with Crippen molar-refractivity contribution in [2.75, 3.05) is 11.1 Å². The highest BCUT2D eigenvalue weighted by Crippen LogP contribution is 2.34. The van der Waals surface area contributed by atoms with E-state index in [0.717, 1.165) is 38.3 Å². The van der Waals surface area contributed by atoms with Crippen molar-refractivity contribution in [3.63, 3.8) is 0 Å². The van der Waals surface area contributed by atoms with E-state index in [0.29, 0.717) is 14.2 Å². The van der Waals surface area contributed by atoms with E-state index in [9.17, 15) is 4.79 Å². The molecule has 0 bridgehead atoms. The molecule has 11 heteroatoms. The predicted octanol–water partition coefficient (Wildman–Crippen LogP) is 6.11. The number of thioether (sulfide) groups is 1. The van der Waals surface area contributed by atoms with E-state index in [1.54, 1.807) is 6.20 Å². The number of amides is 1. The molecule has 0 aliphatic heterocycles. The minimum atomic E-state index is -0.138. The molecule has 0 fully saturated rings. The molecule has 0 saturated heterocycles. The number of hydrogen-bond acceptors (Lipinski definition) is 8. The molecule has 0 aliphatic rings. The summed E-state index contributed by atoms with van der Waals surface area (Å²) in [7, 11) is 0. The fraction of sp³-hybridized carbons (Fsp3) is 0.0870. The number of hydrogen-bond donors (Lipinski definition) is 1. The number of nitrogens with zero attached hydrogens (tertiary/aromatic N) is 5. The first-order valence-corrected chi connectivity index (χ1v) is 13.4. The van der Waals surface area contributed by atoms with Crippen LogP contribution in [0.1, 0.15) is 5.56 Å². The lowest BCUT2D eigenvalue weighted by Crippen LogP contribution is -2.14. The first-order chi connectivity index (χ1) is 16.6. The molecule has 0 aliphatic carbocycles. The van der Waals surface area contributed by atoms with Gasteiger partial charge < -0.3 is 5.32 Å². The molecule has 168 valence electrons. The maximum atomic E-state index is 12.6. The number of nitrogens with one attached hydrogen (secondary N) is 1. The number of aryl methyl sites for hydroxylation is 1. The molecule has 0 spiro atoms. The Morgan fingerprint density at radius 1 is 1.12 bits per heavy atom. The Balaban J connectivity index is 1.54. The Morgan fingerprint density at radius 3 is 2.76 bits per heavy atom. The highest BCUT2D eigenvalue weighted by molar-refractivity contribution is 7.99. The van der Waals surface area contributed by atoms with Crippen LogP contribution in [0.5, 0.6) is 0 Å². The lowest BCUT2D eigenvalue weighted by molar-refractivity contribution is -0.113. The number of anilines is 1. The summed E-state index contributed by atoms with van der Waals surface area (Å²) in [5.41, 5.74) is 5.44. The number of fused-ring (bicyclic) bond motifs is 5. The molecular weight excluding hydrogens is 505 g/mol. The largest absolute Gasteiger partial charge is 0.301 e. The number of benzene rings is 2. The van der Waals surface area contributed by atoms with Crippen LogP contribution in [0, 0.1) is 10.9 Å². The third-order valence-electron chi connectivity index (χ3n) is 5.31. The standard InChI is InChI=1S/C23H16N6OS4/c1-13-6-2-4-8-15(13)29-20-18(34-23(29)31)19-25-14-7-3-5-9-16(14)28(19)22(27-20)33-12-17(30)26-21-24-10-11-32-21/h2-11H,12H2,1H3,(H,24,26,30). The fourth-order valence-corrected chi connectivity index (χ4v) is 6.50. The molecular formula is C23H16N6OS4. The lowest BCUT2D eigenvalue weighted by Gasteiger charge is -2.10. The average Bonchev–Trinajstić information content (AvgIpc) is 3.55. The van der Waals surface area contributed by atoms with Crippen LogP contribution >= 0.6 is 46.7 Å². The van der Waals surface area contributed by atoms with E-state index in [4.69, 9.17) is 22.2 Å². The van der Waals surface area contributed by atoms with E-state index >= 15 is 0 Å². The summed E-state index contributed by atoms with van der Waals surface area (Å²) >= 11 is 10.0. The molecule has 6 aromatic rings. The fourth-order valence-electron chi connectivity index (χ4n) is 3.82. The number of para-hydroxylation sites is 3. The molecule has 2 aromatic carbocycles. The molecule has 4 aromatic heterocycles. The molecule has 0 radical (unpaired) electrons. The van der Waals surface area contributed by atoms with Gasteiger partial charge >= 0.3 is 0 Å². The Morgan fingerprint density at radius 2 is 1.94 bits per heavy atom. The molecule has 1 N–H and O–H groups in total. The van der Waals surface area contributed by atoms with Crippen molar-refractivity contribution in [1.29, 1.82) is 0 Å². The van der Waals surface area contributed by atoms with Gasteiger partial charge in [-0.3, -0.25) is 13.8 Å². The molecule has 7 nitrogen and oxygen atoms in total. The average molecular weight is 521 g/mol. The summed E-state index contributed by atoms with van der Waals surface area (Å²) < 4.78 is 5.64. The maximum absolute atomic E-state index is 12.6. The van der Waals surface area contributed by atoms with Crippen molar-refractivity contribution >= 4 is 84.7 Å². The summed E-state index contributed by atoms with van der Waals surface area (Å²) in [4.78, 5) is 26.7. The summed E-state index contributed by atoms with van der Waals surface area (Å²) in [6, 6.07) is 16.0. The van der Waals surface area contributed by atoms with E-state index in [2.05, 4.69) is 23.3 Å². The smallest absolute Gasteiger partial charge is 0.236 e. The molecule has 0 unspecified atom stereocenters. The zero-order valence-electron chi connectivity index (χ0n) is 17.8. The van der Waals surface area contributed by atoms with E-state index < -0.39 is 0 Å². The van der Waals surface area contributed by atoms with Gasteiger partial charge in [-0.25, -0.2) is 15.0 Å². The van der Waals surface area contributed by atoms with Gasteiger partial charge in [-0.1, -0.05) is 53.4 Å². The zero-order valence-corrected chi connectivity index (χ0v) is 21.0. The van der Waals surface area contributed by atoms with Gasteiger partial charge in [0.2, 0.25) is 5.91 Å². The highest BCUT2D eigenvalue weighted by Gasteiger charge is 2.20. The van der Waals surface area contributed by atoms with Crippen molar-refractivity contribution < 1.29 is 4.79 Å². The van der Waals surface area contributed by atoms with Gasteiger partial charge in [-0.15, -0.1) is 11.3 Å². The zero-order chi connectivity index (χ0) is 23.2. The van der Waals surface area contributed by atoms with Crippen LogP contribution in [-0.4, -0.2) is 35.6 Å². The van der Waals surface area contributed by atoms with Gasteiger partial charge in [-0.05, 0) is 42.9 Å². The molecule has 34 heavy (non-hydrogen) atoms. The second-order valence-electron chi connectivity index (χ2n) is 7.47. The Kier molecular flexibility index (Phi) is 5.41. The van der Waals surface area contributed by atoms with Crippen molar-refractivity contribution in [3.8, 4) is 5.69 Å². The van der Waals surface area contributed by atoms with Gasteiger partial charge in [0.1, 0.15) is 4.70 Å². The van der Waals surface area contributed by atoms with Crippen LogP contribution in [0.25, 0.3) is 32.7 Å². The van der Waals surface area contributed by atoms with Crippen LogP contribution in [0.3, 0.4) is 0 Å². The quantitative estimate of drug-likeness (QED) is 0.168. The van der Waals surface area contributed by atoms with E-state index in [-0.39, 0.29) is 11.7 Å². The Bertz CT molecular complexity index is 1750. The number of carbonyl (C=O) groups excluding carboxylic acids is 1. The normalized spacial score (nSPS) is 11.6. The summed E-state index contributed by atoms with van der Waals surface area (Å²) in [5.74, 6) is 0.0510. The lowest BCUT2D eigenvalue weighted by atomic mass is 10.2. The molecule has 6 rings (SSSR count). The highest BCUT2D eigenvalue weighted by atomic mass is 32.2. The van der Waals surface area contributed by atoms with Crippen LogP contribution < -0.4 is 5.32 Å². The van der Waals surface area contributed by atoms with Gasteiger partial charge in [0.15, 0.2) is 25.5 Å². The first kappa shape index (κ1) is 21.4. The Labute approximate surface area is 211 Å². The minimum Gasteiger partial charge on any atom is -0.301 e. The monoisotopic (exact) mass is 520 g/mol. The third-order valence-corrected chi connectivity index (χ3v) is 8.30. The Hall–Kier alpha value is -3.12. The van der Waals surface area contributed by atoms with Crippen molar-refractivity contribution in [1.82, 2.24) is 23.9 Å². The van der Waals surface area contributed by atoms with E-state index in [1.165, 1.54) is 34.4 Å². The number of imidazole rings is 1. The summed E-state index contributed by atoms with van der Waals surface area (Å²) in [6.07, 6.45) is 1.66. The topological polar surface area (TPSA) is 77.1 Å². The summed E-state index contributed by atoms with van der Waals surface area (Å²) in [5, 5.41) is 5.92. The van der Waals surface area contributed by atoms with Crippen molar-refractivity contribution in [3.05, 3.63) is 69.6 Å². The van der Waals surface area contributed by atoms with Crippen molar-refractivity contribution in [2.45, 2.75) is 12.1 Å². The van der Waals surface area contributed by atoms with Gasteiger partial charge in [0, 0.05) is 11.6 Å². The molecule has 0 saturated carbocycles.